The van der Waals surface area contributed by atoms with E-state index >= 15 is 0 Å². The first-order valence-electron chi connectivity index (χ1n) is 8.81. The van der Waals surface area contributed by atoms with Gasteiger partial charge in [0.1, 0.15) is 12.5 Å². The summed E-state index contributed by atoms with van der Waals surface area (Å²) in [7, 11) is 0. The van der Waals surface area contributed by atoms with Gasteiger partial charge in [-0.15, -0.1) is 0 Å². The average Bonchev–Trinajstić information content (AvgIpc) is 3.02. The van der Waals surface area contributed by atoms with Crippen molar-refractivity contribution in [2.45, 2.75) is 37.7 Å². The molecule has 0 fully saturated rings. The van der Waals surface area contributed by atoms with Gasteiger partial charge in [-0.1, -0.05) is 26.0 Å². The number of H-pyrrole nitrogens is 1. The Morgan fingerprint density at radius 3 is 2.44 bits per heavy atom. The number of aromatic nitrogens is 1. The van der Waals surface area contributed by atoms with Gasteiger partial charge in [0.25, 0.3) is 0 Å². The van der Waals surface area contributed by atoms with Crippen LogP contribution in [0.3, 0.4) is 0 Å². The summed E-state index contributed by atoms with van der Waals surface area (Å²) >= 11 is 0. The molecule has 0 amide bonds. The van der Waals surface area contributed by atoms with Crippen LogP contribution in [0.15, 0.2) is 48.5 Å². The summed E-state index contributed by atoms with van der Waals surface area (Å²) in [5.74, 6) is -0.329. The van der Waals surface area contributed by atoms with Gasteiger partial charge < -0.3 is 10.1 Å². The highest BCUT2D eigenvalue weighted by Gasteiger charge is 2.36. The second-order valence-corrected chi connectivity index (χ2v) is 7.81. The van der Waals surface area contributed by atoms with E-state index in [9.17, 15) is 13.9 Å². The largest absolute Gasteiger partial charge is 0.387 e. The fourth-order valence-corrected chi connectivity index (χ4v) is 3.69. The number of aliphatic hydroxyl groups is 1. The molecule has 0 aliphatic heterocycles. The number of fused-ring (bicyclic) bond motifs is 1. The lowest BCUT2D eigenvalue weighted by atomic mass is 9.74. The minimum atomic E-state index is -1.56. The Kier molecular flexibility index (Phi) is 5.03. The predicted molar refractivity (Wildman–Crippen MR) is 102 cm³/mol. The molecule has 0 aliphatic rings. The Hall–Kier alpha value is -2.71. The zero-order valence-corrected chi connectivity index (χ0v) is 15.4. The molecule has 0 radical (unpaired) electrons. The Labute approximate surface area is 157 Å². The van der Waals surface area contributed by atoms with E-state index in [2.05, 4.69) is 11.1 Å². The van der Waals surface area contributed by atoms with Crippen LogP contribution in [0.2, 0.25) is 0 Å². The lowest BCUT2D eigenvalue weighted by molar-refractivity contribution is -0.00923. The molecule has 1 aromatic heterocycles. The molecule has 5 heteroatoms. The number of rotatable bonds is 6. The van der Waals surface area contributed by atoms with Crippen molar-refractivity contribution in [1.29, 1.82) is 5.26 Å². The number of aromatic amines is 1. The molecule has 0 saturated heterocycles. The number of halogens is 2. The van der Waals surface area contributed by atoms with Crippen molar-refractivity contribution in [2.24, 2.45) is 0 Å². The number of benzene rings is 2. The maximum Gasteiger partial charge on any atom is 0.123 e. The monoisotopic (exact) mass is 368 g/mol. The number of nitrogens with one attached hydrogen (secondary N) is 1. The molecule has 0 aliphatic carbocycles. The zero-order chi connectivity index (χ0) is 19.7. The van der Waals surface area contributed by atoms with Gasteiger partial charge in [0.05, 0.1) is 17.2 Å². The summed E-state index contributed by atoms with van der Waals surface area (Å²) < 4.78 is 27.0. The van der Waals surface area contributed by atoms with Gasteiger partial charge in [0, 0.05) is 23.0 Å². The molecule has 27 heavy (non-hydrogen) atoms. The fourth-order valence-electron chi connectivity index (χ4n) is 3.69. The highest BCUT2D eigenvalue weighted by atomic mass is 19.1. The van der Waals surface area contributed by atoms with Crippen molar-refractivity contribution in [3.63, 3.8) is 0 Å². The Morgan fingerprint density at radius 2 is 1.81 bits per heavy atom. The second-order valence-electron chi connectivity index (χ2n) is 7.81. The van der Waals surface area contributed by atoms with E-state index in [1.807, 2.05) is 19.9 Å². The zero-order valence-electron chi connectivity index (χ0n) is 15.4. The van der Waals surface area contributed by atoms with Crippen LogP contribution < -0.4 is 0 Å². The second kappa shape index (κ2) is 7.13. The van der Waals surface area contributed by atoms with Crippen LogP contribution in [0.1, 0.15) is 37.1 Å². The molecule has 1 heterocycles. The third kappa shape index (κ3) is 4.17. The summed E-state index contributed by atoms with van der Waals surface area (Å²) in [5, 5.41) is 20.8. The van der Waals surface area contributed by atoms with E-state index < -0.39 is 17.7 Å². The molecule has 2 N–H and O–H groups in total. The summed E-state index contributed by atoms with van der Waals surface area (Å²) in [6, 6.07) is 15.3. The SMILES string of the molecule is CC(C)(CC(O)(CF)Cc1cc2cc(C#N)ccc2[nH]1)c1ccc(F)cc1. The number of nitriles is 1. The van der Waals surface area contributed by atoms with E-state index in [-0.39, 0.29) is 18.7 Å². The first-order valence-corrected chi connectivity index (χ1v) is 8.81. The Bertz CT molecular complexity index is 986. The molecular weight excluding hydrogens is 346 g/mol. The van der Waals surface area contributed by atoms with E-state index in [1.165, 1.54) is 12.1 Å². The van der Waals surface area contributed by atoms with Gasteiger partial charge in [-0.2, -0.15) is 5.26 Å². The maximum absolute atomic E-state index is 13.8. The topological polar surface area (TPSA) is 59.8 Å². The third-order valence-corrected chi connectivity index (χ3v) is 4.97. The summed E-state index contributed by atoms with van der Waals surface area (Å²) in [6.45, 7) is 2.92. The molecule has 0 spiro atoms. The third-order valence-electron chi connectivity index (χ3n) is 4.97. The van der Waals surface area contributed by atoms with Crippen LogP contribution in [0.4, 0.5) is 8.78 Å². The van der Waals surface area contributed by atoms with Crippen molar-refractivity contribution in [1.82, 2.24) is 4.98 Å². The van der Waals surface area contributed by atoms with Gasteiger partial charge in [-0.05, 0) is 53.8 Å². The van der Waals surface area contributed by atoms with Crippen molar-refractivity contribution in [2.75, 3.05) is 6.67 Å². The highest BCUT2D eigenvalue weighted by Crippen LogP contribution is 2.35. The standard InChI is InChI=1S/C22H22F2N2O/c1-21(2,17-4-6-18(24)7-5-17)13-22(27,14-23)11-19-10-16-9-15(12-25)3-8-20(16)26-19/h3-10,26-27H,11,13-14H2,1-2H3. The van der Waals surface area contributed by atoms with Crippen LogP contribution >= 0.6 is 0 Å². The molecule has 3 nitrogen and oxygen atoms in total. The van der Waals surface area contributed by atoms with E-state index in [0.29, 0.717) is 11.3 Å². The predicted octanol–water partition coefficient (Wildman–Crippen LogP) is 4.79. The Balaban J connectivity index is 1.84. The lowest BCUT2D eigenvalue weighted by Crippen LogP contribution is -2.40. The minimum Gasteiger partial charge on any atom is -0.387 e. The van der Waals surface area contributed by atoms with E-state index in [0.717, 1.165) is 16.5 Å². The maximum atomic E-state index is 13.8. The van der Waals surface area contributed by atoms with Crippen LogP contribution in [-0.2, 0) is 11.8 Å². The van der Waals surface area contributed by atoms with Gasteiger partial charge in [0.15, 0.2) is 0 Å². The van der Waals surface area contributed by atoms with E-state index in [4.69, 9.17) is 5.26 Å². The van der Waals surface area contributed by atoms with Crippen molar-refractivity contribution in [3.05, 3.63) is 71.2 Å². The molecule has 0 bridgehead atoms. The van der Waals surface area contributed by atoms with E-state index in [1.54, 1.807) is 30.3 Å². The number of nitrogens with zero attached hydrogens (tertiary/aromatic N) is 1. The summed E-state index contributed by atoms with van der Waals surface area (Å²) in [4.78, 5) is 3.18. The lowest BCUT2D eigenvalue weighted by Gasteiger charge is -2.35. The van der Waals surface area contributed by atoms with Gasteiger partial charge in [-0.3, -0.25) is 0 Å². The average molecular weight is 368 g/mol. The summed E-state index contributed by atoms with van der Waals surface area (Å²) in [6.07, 6.45) is 0.297. The molecule has 3 aromatic rings. The minimum absolute atomic E-state index is 0.116. The van der Waals surface area contributed by atoms with Crippen LogP contribution in [0, 0.1) is 17.1 Å². The first-order chi connectivity index (χ1) is 12.7. The highest BCUT2D eigenvalue weighted by molar-refractivity contribution is 5.81. The number of alkyl halides is 1. The quantitative estimate of drug-likeness (QED) is 0.657. The molecule has 1 unspecified atom stereocenters. The fraction of sp³-hybridized carbons (Fsp3) is 0.318. The van der Waals surface area contributed by atoms with Gasteiger partial charge >= 0.3 is 0 Å². The van der Waals surface area contributed by atoms with Gasteiger partial charge in [0.2, 0.25) is 0 Å². The summed E-state index contributed by atoms with van der Waals surface area (Å²) in [5.41, 5.74) is 0.834. The molecule has 1 atom stereocenters. The first kappa shape index (κ1) is 19.1. The Morgan fingerprint density at radius 1 is 1.11 bits per heavy atom. The number of hydrogen-bond donors (Lipinski definition) is 2. The molecule has 0 saturated carbocycles. The normalized spacial score (nSPS) is 14.1. The number of hydrogen-bond acceptors (Lipinski definition) is 2. The van der Waals surface area contributed by atoms with Crippen molar-refractivity contribution >= 4 is 10.9 Å². The van der Waals surface area contributed by atoms with Crippen LogP contribution in [0.5, 0.6) is 0 Å². The smallest absolute Gasteiger partial charge is 0.123 e. The van der Waals surface area contributed by atoms with Crippen LogP contribution in [-0.4, -0.2) is 22.4 Å². The van der Waals surface area contributed by atoms with Crippen molar-refractivity contribution < 1.29 is 13.9 Å². The molecule has 2 aromatic carbocycles. The molecule has 3 rings (SSSR count). The molecular formula is C22H22F2N2O. The molecule has 140 valence electrons. The van der Waals surface area contributed by atoms with Crippen LogP contribution in [0.25, 0.3) is 10.9 Å². The van der Waals surface area contributed by atoms with Gasteiger partial charge in [-0.25, -0.2) is 8.78 Å². The van der Waals surface area contributed by atoms with Crippen molar-refractivity contribution in [3.8, 4) is 6.07 Å².